The summed E-state index contributed by atoms with van der Waals surface area (Å²) in [5, 5.41) is 18.8. The number of ether oxygens (including phenoxy) is 1. The Morgan fingerprint density at radius 2 is 2.06 bits per heavy atom. The average molecular weight is 467 g/mol. The number of fused-ring (bicyclic) bond motifs is 1. The van der Waals surface area contributed by atoms with Gasteiger partial charge in [-0.05, 0) is 18.6 Å². The average Bonchev–Trinajstić information content (AvgIpc) is 3.58. The number of anilines is 3. The summed E-state index contributed by atoms with van der Waals surface area (Å²) in [5.41, 5.74) is 2.51. The summed E-state index contributed by atoms with van der Waals surface area (Å²) in [6, 6.07) is 5.61. The highest BCUT2D eigenvalue weighted by Gasteiger charge is 2.18. The molecule has 1 aromatic carbocycles. The smallest absolute Gasteiger partial charge is 0.267 e. The number of aryl methyl sites for hydroxylation is 1. The van der Waals surface area contributed by atoms with E-state index in [4.69, 9.17) is 4.74 Å². The molecule has 1 fully saturated rings. The molecule has 3 N–H and O–H groups in total. The number of H-pyrrole nitrogens is 1. The lowest BCUT2D eigenvalue weighted by molar-refractivity contribution is -0.136. The van der Waals surface area contributed by atoms with E-state index in [1.54, 1.807) is 28.0 Å². The number of aromatic amines is 1. The van der Waals surface area contributed by atoms with Gasteiger partial charge in [-0.25, -0.2) is 4.98 Å². The van der Waals surface area contributed by atoms with Crippen LogP contribution in [0.3, 0.4) is 0 Å². The van der Waals surface area contributed by atoms with Crippen molar-refractivity contribution >= 4 is 50.7 Å². The van der Waals surface area contributed by atoms with Crippen LogP contribution in [0.1, 0.15) is 15.2 Å². The van der Waals surface area contributed by atoms with E-state index in [0.29, 0.717) is 42.1 Å². The number of carbonyl (C=O) groups excluding carboxylic acids is 2. The molecule has 1 saturated heterocycles. The van der Waals surface area contributed by atoms with Crippen LogP contribution in [-0.2, 0) is 16.1 Å². The summed E-state index contributed by atoms with van der Waals surface area (Å²) >= 11 is 1.22. The lowest BCUT2D eigenvalue weighted by Gasteiger charge is -2.26. The maximum atomic E-state index is 12.8. The first-order valence-electron chi connectivity index (χ1n) is 10.4. The third-order valence-electron chi connectivity index (χ3n) is 5.34. The van der Waals surface area contributed by atoms with Crippen LogP contribution in [0, 0.1) is 6.92 Å². The van der Waals surface area contributed by atoms with Gasteiger partial charge in [-0.3, -0.25) is 19.4 Å². The molecule has 1 aliphatic heterocycles. The molecular weight excluding hydrogens is 444 g/mol. The number of benzene rings is 1. The second kappa shape index (κ2) is 9.00. The van der Waals surface area contributed by atoms with E-state index in [0.717, 1.165) is 22.2 Å². The normalized spacial score (nSPS) is 13.9. The second-order valence-electron chi connectivity index (χ2n) is 7.59. The predicted octanol–water partition coefficient (Wildman–Crippen LogP) is 2.38. The molecule has 12 heteroatoms. The number of thiazole rings is 1. The van der Waals surface area contributed by atoms with Crippen molar-refractivity contribution in [2.24, 2.45) is 0 Å². The summed E-state index contributed by atoms with van der Waals surface area (Å²) in [6.45, 7) is 4.42. The summed E-state index contributed by atoms with van der Waals surface area (Å²) < 4.78 is 6.86. The number of nitrogens with zero attached hydrogens (tertiary/aromatic N) is 5. The van der Waals surface area contributed by atoms with Gasteiger partial charge in [0.25, 0.3) is 5.91 Å². The van der Waals surface area contributed by atoms with E-state index < -0.39 is 0 Å². The maximum absolute atomic E-state index is 12.8. The van der Waals surface area contributed by atoms with E-state index in [1.807, 2.05) is 19.1 Å². The topological polar surface area (TPSA) is 130 Å². The standard InChI is InChI=1S/C21H22N8O3S/c1-13-2-3-15-14(10-23-26-15)19(13)25-20(31)16-11-22-21(33-16)24-17-4-5-29(27-17)12-18(30)28-6-8-32-9-7-28/h2-5,10-11H,6-9,12H2,1H3,(H,23,26)(H,25,31)(H,22,24,27). The van der Waals surface area contributed by atoms with Gasteiger partial charge in [-0.2, -0.15) is 10.2 Å². The second-order valence-corrected chi connectivity index (χ2v) is 8.62. The van der Waals surface area contributed by atoms with Crippen molar-refractivity contribution in [2.45, 2.75) is 13.5 Å². The van der Waals surface area contributed by atoms with Gasteiger partial charge in [-0.15, -0.1) is 0 Å². The number of carbonyl (C=O) groups is 2. The molecule has 0 atom stereocenters. The Hall–Kier alpha value is -3.77. The van der Waals surface area contributed by atoms with Crippen LogP contribution in [0.2, 0.25) is 0 Å². The van der Waals surface area contributed by atoms with Crippen LogP contribution in [0.4, 0.5) is 16.6 Å². The number of morpholine rings is 1. The van der Waals surface area contributed by atoms with Crippen molar-refractivity contribution < 1.29 is 14.3 Å². The molecule has 4 heterocycles. The Bertz CT molecular complexity index is 1300. The first kappa shape index (κ1) is 21.1. The molecular formula is C21H22N8O3S. The molecule has 33 heavy (non-hydrogen) atoms. The molecule has 0 aliphatic carbocycles. The first-order chi connectivity index (χ1) is 16.1. The fraction of sp³-hybridized carbons (Fsp3) is 0.286. The lowest BCUT2D eigenvalue weighted by atomic mass is 10.1. The van der Waals surface area contributed by atoms with Gasteiger partial charge in [-0.1, -0.05) is 17.4 Å². The van der Waals surface area contributed by atoms with E-state index in [-0.39, 0.29) is 18.4 Å². The fourth-order valence-corrected chi connectivity index (χ4v) is 4.30. The molecule has 2 amide bonds. The zero-order valence-electron chi connectivity index (χ0n) is 17.9. The first-order valence-corrected chi connectivity index (χ1v) is 11.2. The molecule has 0 radical (unpaired) electrons. The quantitative estimate of drug-likeness (QED) is 0.398. The SMILES string of the molecule is Cc1ccc2[nH]ncc2c1NC(=O)c1cnc(Nc2ccn(CC(=O)N3CCOCC3)n2)s1. The molecule has 5 rings (SSSR count). The van der Waals surface area contributed by atoms with Crippen LogP contribution in [0.5, 0.6) is 0 Å². The number of aromatic nitrogens is 5. The minimum absolute atomic E-state index is 0.00379. The number of amides is 2. The zero-order chi connectivity index (χ0) is 22.8. The van der Waals surface area contributed by atoms with Crippen molar-refractivity contribution in [3.8, 4) is 0 Å². The third-order valence-corrected chi connectivity index (χ3v) is 6.25. The summed E-state index contributed by atoms with van der Waals surface area (Å²) in [6.07, 6.45) is 4.94. The fourth-order valence-electron chi connectivity index (χ4n) is 3.58. The van der Waals surface area contributed by atoms with Gasteiger partial charge < -0.3 is 20.3 Å². The monoisotopic (exact) mass is 466 g/mol. The van der Waals surface area contributed by atoms with Crippen molar-refractivity contribution in [3.63, 3.8) is 0 Å². The molecule has 0 spiro atoms. The highest BCUT2D eigenvalue weighted by atomic mass is 32.1. The molecule has 0 bridgehead atoms. The maximum Gasteiger partial charge on any atom is 0.267 e. The van der Waals surface area contributed by atoms with E-state index in [1.165, 1.54) is 17.5 Å². The Morgan fingerprint density at radius 3 is 2.91 bits per heavy atom. The largest absolute Gasteiger partial charge is 0.378 e. The molecule has 11 nitrogen and oxygen atoms in total. The van der Waals surface area contributed by atoms with Crippen molar-refractivity contribution in [1.82, 2.24) is 29.9 Å². The minimum atomic E-state index is -0.251. The van der Waals surface area contributed by atoms with E-state index in [2.05, 4.69) is 30.9 Å². The van der Waals surface area contributed by atoms with Crippen LogP contribution in [0.15, 0.2) is 36.8 Å². The predicted molar refractivity (Wildman–Crippen MR) is 124 cm³/mol. The number of rotatable bonds is 6. The summed E-state index contributed by atoms with van der Waals surface area (Å²) in [7, 11) is 0. The number of nitrogens with one attached hydrogen (secondary N) is 3. The van der Waals surface area contributed by atoms with Gasteiger partial charge in [0.1, 0.15) is 11.4 Å². The van der Waals surface area contributed by atoms with Crippen LogP contribution in [0.25, 0.3) is 10.9 Å². The third kappa shape index (κ3) is 4.56. The molecule has 4 aromatic rings. The van der Waals surface area contributed by atoms with Crippen molar-refractivity contribution in [3.05, 3.63) is 47.2 Å². The van der Waals surface area contributed by atoms with Crippen LogP contribution < -0.4 is 10.6 Å². The van der Waals surface area contributed by atoms with Gasteiger partial charge in [0.05, 0.1) is 36.8 Å². The van der Waals surface area contributed by atoms with Gasteiger partial charge in [0.2, 0.25) is 5.91 Å². The van der Waals surface area contributed by atoms with E-state index in [9.17, 15) is 9.59 Å². The molecule has 0 saturated carbocycles. The van der Waals surface area contributed by atoms with Crippen LogP contribution in [-0.4, -0.2) is 68.0 Å². The summed E-state index contributed by atoms with van der Waals surface area (Å²) in [5.74, 6) is 0.299. The van der Waals surface area contributed by atoms with Crippen molar-refractivity contribution in [2.75, 3.05) is 36.9 Å². The van der Waals surface area contributed by atoms with Gasteiger partial charge in [0.15, 0.2) is 10.9 Å². The highest BCUT2D eigenvalue weighted by molar-refractivity contribution is 7.17. The Morgan fingerprint density at radius 1 is 1.21 bits per heavy atom. The van der Waals surface area contributed by atoms with Crippen molar-refractivity contribution in [1.29, 1.82) is 0 Å². The molecule has 170 valence electrons. The zero-order valence-corrected chi connectivity index (χ0v) is 18.7. The van der Waals surface area contributed by atoms with Gasteiger partial charge in [0, 0.05) is 30.7 Å². The van der Waals surface area contributed by atoms with Gasteiger partial charge >= 0.3 is 0 Å². The minimum Gasteiger partial charge on any atom is -0.378 e. The van der Waals surface area contributed by atoms with E-state index >= 15 is 0 Å². The summed E-state index contributed by atoms with van der Waals surface area (Å²) in [4.78, 5) is 31.7. The Balaban J connectivity index is 1.22. The molecule has 0 unspecified atom stereocenters. The Labute approximate surface area is 192 Å². The Kier molecular flexibility index (Phi) is 5.75. The number of hydrogen-bond donors (Lipinski definition) is 3. The number of hydrogen-bond acceptors (Lipinski definition) is 8. The lowest BCUT2D eigenvalue weighted by Crippen LogP contribution is -2.42. The van der Waals surface area contributed by atoms with Crippen LogP contribution >= 0.6 is 11.3 Å². The highest BCUT2D eigenvalue weighted by Crippen LogP contribution is 2.28. The molecule has 3 aromatic heterocycles. The molecule has 1 aliphatic rings.